The van der Waals surface area contributed by atoms with Gasteiger partial charge in [0.15, 0.2) is 16.6 Å². The van der Waals surface area contributed by atoms with Crippen LogP contribution >= 0.6 is 11.8 Å². The SMILES string of the molecule is O=C(CSc1nnc2c3ccccc3ncn12)c1ccccc1. The number of hydrogen-bond acceptors (Lipinski definition) is 5. The van der Waals surface area contributed by atoms with Gasteiger partial charge < -0.3 is 0 Å². The number of fused-ring (bicyclic) bond motifs is 3. The van der Waals surface area contributed by atoms with Gasteiger partial charge in [-0.25, -0.2) is 4.98 Å². The molecule has 0 saturated heterocycles. The minimum atomic E-state index is 0.0705. The molecule has 23 heavy (non-hydrogen) atoms. The molecule has 6 heteroatoms. The number of Topliss-reactive ketones (excluding diaryl/α,β-unsaturated/α-hetero) is 1. The van der Waals surface area contributed by atoms with Crippen molar-refractivity contribution in [2.75, 3.05) is 5.75 Å². The van der Waals surface area contributed by atoms with Crippen LogP contribution in [0.1, 0.15) is 10.4 Å². The van der Waals surface area contributed by atoms with E-state index in [4.69, 9.17) is 0 Å². The van der Waals surface area contributed by atoms with Crippen molar-refractivity contribution < 1.29 is 4.79 Å². The lowest BCUT2D eigenvalue weighted by atomic mass is 10.2. The number of aromatic nitrogens is 4. The van der Waals surface area contributed by atoms with Crippen molar-refractivity contribution in [3.05, 3.63) is 66.5 Å². The van der Waals surface area contributed by atoms with Gasteiger partial charge in [0.2, 0.25) is 0 Å². The molecule has 0 bridgehead atoms. The van der Waals surface area contributed by atoms with Crippen LogP contribution in [0.15, 0.2) is 66.1 Å². The smallest absolute Gasteiger partial charge is 0.197 e. The van der Waals surface area contributed by atoms with Crippen molar-refractivity contribution in [1.82, 2.24) is 19.6 Å². The molecule has 0 unspecified atom stereocenters. The summed E-state index contributed by atoms with van der Waals surface area (Å²) >= 11 is 1.37. The maximum Gasteiger partial charge on any atom is 0.197 e. The topological polar surface area (TPSA) is 60.2 Å². The molecule has 0 saturated carbocycles. The second-order valence-electron chi connectivity index (χ2n) is 5.02. The second-order valence-corrected chi connectivity index (χ2v) is 5.96. The Hall–Kier alpha value is -2.73. The zero-order valence-corrected chi connectivity index (χ0v) is 12.9. The summed E-state index contributed by atoms with van der Waals surface area (Å²) in [5, 5.41) is 10.1. The van der Waals surface area contributed by atoms with Crippen LogP contribution in [0.3, 0.4) is 0 Å². The molecule has 112 valence electrons. The first-order chi connectivity index (χ1) is 11.3. The van der Waals surface area contributed by atoms with E-state index < -0.39 is 0 Å². The normalized spacial score (nSPS) is 11.1. The van der Waals surface area contributed by atoms with E-state index in [1.165, 1.54) is 11.8 Å². The van der Waals surface area contributed by atoms with Crippen molar-refractivity contribution in [1.29, 1.82) is 0 Å². The molecule has 0 aliphatic heterocycles. The van der Waals surface area contributed by atoms with Crippen LogP contribution in [0.5, 0.6) is 0 Å². The fraction of sp³-hybridized carbons (Fsp3) is 0.0588. The number of benzene rings is 2. The highest BCUT2D eigenvalue weighted by Crippen LogP contribution is 2.22. The van der Waals surface area contributed by atoms with E-state index in [0.717, 1.165) is 16.6 Å². The molecule has 0 spiro atoms. The molecule has 0 aliphatic rings. The van der Waals surface area contributed by atoms with Gasteiger partial charge in [0, 0.05) is 10.9 Å². The summed E-state index contributed by atoms with van der Waals surface area (Å²) in [6.45, 7) is 0. The molecule has 4 aromatic rings. The van der Waals surface area contributed by atoms with Gasteiger partial charge in [-0.05, 0) is 12.1 Å². The minimum Gasteiger partial charge on any atom is -0.293 e. The van der Waals surface area contributed by atoms with Gasteiger partial charge >= 0.3 is 0 Å². The third-order valence-corrected chi connectivity index (χ3v) is 4.49. The maximum atomic E-state index is 12.2. The fourth-order valence-corrected chi connectivity index (χ4v) is 3.19. The summed E-state index contributed by atoms with van der Waals surface area (Å²) in [5.74, 6) is 0.388. The molecule has 0 N–H and O–H groups in total. The highest BCUT2D eigenvalue weighted by atomic mass is 32.2. The Morgan fingerprint density at radius 3 is 2.65 bits per heavy atom. The number of rotatable bonds is 4. The molecular weight excluding hydrogens is 308 g/mol. The van der Waals surface area contributed by atoms with Gasteiger partial charge in [0.1, 0.15) is 6.33 Å². The third kappa shape index (κ3) is 2.57. The summed E-state index contributed by atoms with van der Waals surface area (Å²) in [5.41, 5.74) is 2.34. The number of hydrogen-bond donors (Lipinski definition) is 0. The van der Waals surface area contributed by atoms with E-state index >= 15 is 0 Å². The van der Waals surface area contributed by atoms with Crippen LogP contribution in [0.25, 0.3) is 16.6 Å². The molecule has 0 aliphatic carbocycles. The van der Waals surface area contributed by atoms with E-state index in [2.05, 4.69) is 15.2 Å². The number of carbonyl (C=O) groups is 1. The van der Waals surface area contributed by atoms with Gasteiger partial charge in [0.25, 0.3) is 0 Å². The van der Waals surface area contributed by atoms with Gasteiger partial charge in [-0.3, -0.25) is 9.20 Å². The number of para-hydroxylation sites is 1. The summed E-state index contributed by atoms with van der Waals surface area (Å²) in [4.78, 5) is 16.6. The van der Waals surface area contributed by atoms with Crippen molar-refractivity contribution in [3.8, 4) is 0 Å². The third-order valence-electron chi connectivity index (χ3n) is 3.55. The van der Waals surface area contributed by atoms with Crippen molar-refractivity contribution >= 4 is 34.1 Å². The maximum absolute atomic E-state index is 12.2. The van der Waals surface area contributed by atoms with Crippen LogP contribution in [-0.4, -0.2) is 31.1 Å². The number of thioether (sulfide) groups is 1. The van der Waals surface area contributed by atoms with Gasteiger partial charge in [0.05, 0.1) is 11.3 Å². The first-order valence-corrected chi connectivity index (χ1v) is 8.11. The van der Waals surface area contributed by atoms with Gasteiger partial charge in [-0.2, -0.15) is 0 Å². The van der Waals surface area contributed by atoms with E-state index in [1.807, 2.05) is 59.0 Å². The van der Waals surface area contributed by atoms with Gasteiger partial charge in [-0.1, -0.05) is 54.2 Å². The van der Waals surface area contributed by atoms with Crippen molar-refractivity contribution in [2.45, 2.75) is 5.16 Å². The van der Waals surface area contributed by atoms with Crippen molar-refractivity contribution in [3.63, 3.8) is 0 Å². The zero-order chi connectivity index (χ0) is 15.6. The van der Waals surface area contributed by atoms with Crippen molar-refractivity contribution in [2.24, 2.45) is 0 Å². The monoisotopic (exact) mass is 320 g/mol. The second kappa shape index (κ2) is 5.81. The standard InChI is InChI=1S/C17H12N4OS/c22-15(12-6-2-1-3-7-12)10-23-17-20-19-16-13-8-4-5-9-14(13)18-11-21(16)17/h1-9,11H,10H2. The number of ketones is 1. The predicted octanol–water partition coefficient (Wildman–Crippen LogP) is 3.25. The minimum absolute atomic E-state index is 0.0705. The lowest BCUT2D eigenvalue weighted by molar-refractivity contribution is 0.102. The molecule has 0 atom stereocenters. The Balaban J connectivity index is 1.63. The van der Waals surface area contributed by atoms with Crippen LogP contribution in [-0.2, 0) is 0 Å². The highest BCUT2D eigenvalue weighted by molar-refractivity contribution is 7.99. The molecule has 4 rings (SSSR count). The van der Waals surface area contributed by atoms with E-state index in [1.54, 1.807) is 6.33 Å². The molecule has 5 nitrogen and oxygen atoms in total. The lowest BCUT2D eigenvalue weighted by Crippen LogP contribution is -2.02. The quantitative estimate of drug-likeness (QED) is 0.427. The Kier molecular flexibility index (Phi) is 3.51. The van der Waals surface area contributed by atoms with E-state index in [9.17, 15) is 4.79 Å². The molecule has 0 amide bonds. The van der Waals surface area contributed by atoms with Gasteiger partial charge in [-0.15, -0.1) is 10.2 Å². The Labute approximate surface area is 136 Å². The fourth-order valence-electron chi connectivity index (χ4n) is 2.40. The molecule has 0 fully saturated rings. The largest absolute Gasteiger partial charge is 0.293 e. The van der Waals surface area contributed by atoms with Crippen LogP contribution in [0.4, 0.5) is 0 Å². The van der Waals surface area contributed by atoms with Crippen LogP contribution in [0.2, 0.25) is 0 Å². The zero-order valence-electron chi connectivity index (χ0n) is 12.1. The van der Waals surface area contributed by atoms with E-state index in [-0.39, 0.29) is 5.78 Å². The molecule has 2 aromatic heterocycles. The first-order valence-electron chi connectivity index (χ1n) is 7.12. The summed E-state index contributed by atoms with van der Waals surface area (Å²) < 4.78 is 1.82. The molecule has 2 heterocycles. The summed E-state index contributed by atoms with van der Waals surface area (Å²) in [7, 11) is 0. The average molecular weight is 320 g/mol. The Bertz CT molecular complexity index is 997. The van der Waals surface area contributed by atoms with Crippen LogP contribution in [0, 0.1) is 0 Å². The first kappa shape index (κ1) is 13.9. The number of nitrogens with zero attached hydrogens (tertiary/aromatic N) is 4. The molecule has 2 aromatic carbocycles. The number of carbonyl (C=O) groups excluding carboxylic acids is 1. The summed E-state index contributed by atoms with van der Waals surface area (Å²) in [6.07, 6.45) is 1.70. The highest BCUT2D eigenvalue weighted by Gasteiger charge is 2.12. The van der Waals surface area contributed by atoms with Crippen LogP contribution < -0.4 is 0 Å². The molecule has 0 radical (unpaired) electrons. The van der Waals surface area contributed by atoms with E-state index in [0.29, 0.717) is 16.5 Å². The predicted molar refractivity (Wildman–Crippen MR) is 89.8 cm³/mol. The summed E-state index contributed by atoms with van der Waals surface area (Å²) in [6, 6.07) is 17.1. The Morgan fingerprint density at radius 1 is 1.00 bits per heavy atom. The Morgan fingerprint density at radius 2 is 1.78 bits per heavy atom. The molecular formula is C17H12N4OS. The lowest BCUT2D eigenvalue weighted by Gasteiger charge is -2.02. The average Bonchev–Trinajstić information content (AvgIpc) is 3.04.